The highest BCUT2D eigenvalue weighted by molar-refractivity contribution is 7.20. The zero-order valence-corrected chi connectivity index (χ0v) is 17.7. The molecule has 7 heteroatoms. The number of piperazine rings is 1. The molecule has 2 aliphatic rings. The largest absolute Gasteiger partial charge is 0.431 e. The molecule has 0 saturated carbocycles. The molecule has 0 spiro atoms. The molecule has 2 aliphatic heterocycles. The van der Waals surface area contributed by atoms with Crippen LogP contribution < -0.4 is 4.74 Å². The fourth-order valence-corrected chi connectivity index (χ4v) is 5.54. The molecular formula is C24H22N4O2S. The number of para-hydroxylation sites is 1. The molecule has 4 aromatic rings. The Balaban J connectivity index is 1.08. The van der Waals surface area contributed by atoms with Gasteiger partial charge in [-0.1, -0.05) is 35.6 Å². The summed E-state index contributed by atoms with van der Waals surface area (Å²) in [5.41, 5.74) is 2.90. The number of carbonyl (C=O) groups excluding carboxylic acids is 1. The van der Waals surface area contributed by atoms with E-state index >= 15 is 0 Å². The number of rotatable bonds is 5. The van der Waals surface area contributed by atoms with Gasteiger partial charge in [0.05, 0.1) is 10.2 Å². The summed E-state index contributed by atoms with van der Waals surface area (Å²) in [5.74, 6) is 0.918. The van der Waals surface area contributed by atoms with Crippen molar-refractivity contribution in [2.24, 2.45) is 0 Å². The van der Waals surface area contributed by atoms with Crippen LogP contribution in [-0.2, 0) is 6.54 Å². The van der Waals surface area contributed by atoms with Crippen LogP contribution in [0.15, 0.2) is 66.9 Å². The Kier molecular flexibility index (Phi) is 4.51. The SMILES string of the molecule is O=C(c1ccc[nH]1)N1CC2CC1CN2Cc1ccc(Oc2nc3ccccc3s2)cc1. The highest BCUT2D eigenvalue weighted by atomic mass is 32.1. The third kappa shape index (κ3) is 3.49. The van der Waals surface area contributed by atoms with Gasteiger partial charge in [0.1, 0.15) is 11.4 Å². The van der Waals surface area contributed by atoms with Gasteiger partial charge in [0.25, 0.3) is 11.1 Å². The fourth-order valence-electron chi connectivity index (χ4n) is 4.70. The Bertz CT molecular complexity index is 1190. The molecule has 6 nitrogen and oxygen atoms in total. The van der Waals surface area contributed by atoms with Crippen LogP contribution in [0.2, 0.25) is 0 Å². The van der Waals surface area contributed by atoms with Crippen molar-refractivity contribution < 1.29 is 9.53 Å². The fraction of sp³-hybridized carbons (Fsp3) is 0.250. The van der Waals surface area contributed by atoms with Crippen molar-refractivity contribution in [3.05, 3.63) is 78.1 Å². The number of carbonyl (C=O) groups is 1. The van der Waals surface area contributed by atoms with Gasteiger partial charge >= 0.3 is 0 Å². The maximum Gasteiger partial charge on any atom is 0.279 e. The predicted octanol–water partition coefficient (Wildman–Crippen LogP) is 4.52. The van der Waals surface area contributed by atoms with Gasteiger partial charge in [-0.15, -0.1) is 0 Å². The summed E-state index contributed by atoms with van der Waals surface area (Å²) >= 11 is 1.56. The zero-order valence-electron chi connectivity index (χ0n) is 16.9. The van der Waals surface area contributed by atoms with Crippen molar-refractivity contribution >= 4 is 27.5 Å². The molecule has 1 N–H and O–H groups in total. The van der Waals surface area contributed by atoms with E-state index in [4.69, 9.17) is 4.74 Å². The lowest BCUT2D eigenvalue weighted by Gasteiger charge is -2.34. The molecule has 0 aliphatic carbocycles. The zero-order chi connectivity index (χ0) is 20.8. The van der Waals surface area contributed by atoms with E-state index in [-0.39, 0.29) is 5.91 Å². The van der Waals surface area contributed by atoms with Gasteiger partial charge in [-0.3, -0.25) is 9.69 Å². The third-order valence-electron chi connectivity index (χ3n) is 6.23. The second-order valence-corrected chi connectivity index (χ2v) is 9.20. The molecule has 31 heavy (non-hydrogen) atoms. The van der Waals surface area contributed by atoms with E-state index < -0.39 is 0 Å². The molecule has 2 unspecified atom stereocenters. The summed E-state index contributed by atoms with van der Waals surface area (Å²) in [6.07, 6.45) is 2.86. The van der Waals surface area contributed by atoms with Crippen molar-refractivity contribution in [1.29, 1.82) is 0 Å². The van der Waals surface area contributed by atoms with E-state index in [2.05, 4.69) is 33.1 Å². The van der Waals surface area contributed by atoms with E-state index in [0.29, 0.717) is 23.0 Å². The number of ether oxygens (including phenoxy) is 1. The standard InChI is InChI=1S/C24H22N4O2S/c29-23(21-5-3-11-25-21)28-15-17-12-18(28)14-27(17)13-16-7-9-19(10-8-16)30-24-26-20-4-1-2-6-22(20)31-24/h1-11,17-18,25H,12-15H2. The number of hydrogen-bond acceptors (Lipinski definition) is 5. The molecule has 2 bridgehead atoms. The van der Waals surface area contributed by atoms with Crippen LogP contribution in [0.4, 0.5) is 0 Å². The van der Waals surface area contributed by atoms with Crippen LogP contribution in [0.1, 0.15) is 22.5 Å². The molecule has 2 fully saturated rings. The molecule has 2 saturated heterocycles. The number of fused-ring (bicyclic) bond motifs is 3. The summed E-state index contributed by atoms with van der Waals surface area (Å²) in [7, 11) is 0. The van der Waals surface area contributed by atoms with Crippen LogP contribution in [0.25, 0.3) is 10.2 Å². The Labute approximate surface area is 184 Å². The van der Waals surface area contributed by atoms with Gasteiger partial charge in [-0.05, 0) is 48.4 Å². The van der Waals surface area contributed by atoms with Gasteiger partial charge in [-0.25, -0.2) is 4.98 Å². The molecule has 6 rings (SSSR count). The lowest BCUT2D eigenvalue weighted by atomic mass is 10.2. The van der Waals surface area contributed by atoms with E-state index in [9.17, 15) is 4.79 Å². The van der Waals surface area contributed by atoms with E-state index in [1.165, 1.54) is 5.56 Å². The van der Waals surface area contributed by atoms with Crippen LogP contribution in [0, 0.1) is 0 Å². The number of aromatic amines is 1. The second-order valence-electron chi connectivity index (χ2n) is 8.21. The normalized spacial score (nSPS) is 20.6. The van der Waals surface area contributed by atoms with Crippen molar-refractivity contribution in [3.8, 4) is 10.9 Å². The van der Waals surface area contributed by atoms with Gasteiger partial charge in [0.15, 0.2) is 0 Å². The molecular weight excluding hydrogens is 408 g/mol. The van der Waals surface area contributed by atoms with Crippen LogP contribution in [-0.4, -0.2) is 50.8 Å². The number of H-pyrrole nitrogens is 1. The number of benzene rings is 2. The van der Waals surface area contributed by atoms with Crippen molar-refractivity contribution in [1.82, 2.24) is 19.8 Å². The van der Waals surface area contributed by atoms with Crippen molar-refractivity contribution in [2.75, 3.05) is 13.1 Å². The monoisotopic (exact) mass is 430 g/mol. The Morgan fingerprint density at radius 3 is 2.68 bits per heavy atom. The number of nitrogens with zero attached hydrogens (tertiary/aromatic N) is 3. The molecule has 1 amide bonds. The Morgan fingerprint density at radius 2 is 1.94 bits per heavy atom. The lowest BCUT2D eigenvalue weighted by molar-refractivity contribution is 0.0611. The van der Waals surface area contributed by atoms with Gasteiger partial charge < -0.3 is 14.6 Å². The third-order valence-corrected chi connectivity index (χ3v) is 7.15. The van der Waals surface area contributed by atoms with Gasteiger partial charge in [0, 0.05) is 37.9 Å². The first-order valence-electron chi connectivity index (χ1n) is 10.5. The first-order chi connectivity index (χ1) is 15.2. The molecule has 2 atom stereocenters. The van der Waals surface area contributed by atoms with Gasteiger partial charge in [0.2, 0.25) is 0 Å². The quantitative estimate of drug-likeness (QED) is 0.506. The van der Waals surface area contributed by atoms with Crippen LogP contribution >= 0.6 is 11.3 Å². The average Bonchev–Trinajstić information content (AvgIpc) is 3.57. The minimum Gasteiger partial charge on any atom is -0.431 e. The second kappa shape index (κ2) is 7.51. The minimum absolute atomic E-state index is 0.119. The number of amides is 1. The molecule has 4 heterocycles. The number of thiazole rings is 1. The van der Waals surface area contributed by atoms with E-state index in [1.54, 1.807) is 17.5 Å². The predicted molar refractivity (Wildman–Crippen MR) is 121 cm³/mol. The Hall–Kier alpha value is -3.16. The highest BCUT2D eigenvalue weighted by Gasteiger charge is 2.45. The van der Waals surface area contributed by atoms with Crippen LogP contribution in [0.5, 0.6) is 10.9 Å². The molecule has 2 aromatic carbocycles. The smallest absolute Gasteiger partial charge is 0.279 e. The number of aromatic nitrogens is 2. The summed E-state index contributed by atoms with van der Waals surface area (Å²) in [6, 6.07) is 20.8. The lowest BCUT2D eigenvalue weighted by Crippen LogP contribution is -2.48. The highest BCUT2D eigenvalue weighted by Crippen LogP contribution is 2.34. The topological polar surface area (TPSA) is 61.5 Å². The molecule has 156 valence electrons. The van der Waals surface area contributed by atoms with E-state index in [0.717, 1.165) is 42.0 Å². The first-order valence-corrected chi connectivity index (χ1v) is 11.4. The first kappa shape index (κ1) is 18.6. The maximum atomic E-state index is 12.7. The van der Waals surface area contributed by atoms with Crippen LogP contribution in [0.3, 0.4) is 0 Å². The number of nitrogens with one attached hydrogen (secondary N) is 1. The van der Waals surface area contributed by atoms with Crippen molar-refractivity contribution in [2.45, 2.75) is 25.0 Å². The number of hydrogen-bond donors (Lipinski definition) is 1. The number of likely N-dealkylation sites (tertiary alicyclic amines) is 2. The summed E-state index contributed by atoms with van der Waals surface area (Å²) in [4.78, 5) is 24.8. The van der Waals surface area contributed by atoms with E-state index in [1.807, 2.05) is 47.4 Å². The summed E-state index contributed by atoms with van der Waals surface area (Å²) < 4.78 is 7.09. The minimum atomic E-state index is 0.119. The molecule has 2 aromatic heterocycles. The molecule has 0 radical (unpaired) electrons. The summed E-state index contributed by atoms with van der Waals surface area (Å²) in [5, 5.41) is 0.664. The van der Waals surface area contributed by atoms with Crippen molar-refractivity contribution in [3.63, 3.8) is 0 Å². The maximum absolute atomic E-state index is 12.7. The summed E-state index contributed by atoms with van der Waals surface area (Å²) in [6.45, 7) is 2.63. The van der Waals surface area contributed by atoms with Gasteiger partial charge in [-0.2, -0.15) is 0 Å². The Morgan fingerprint density at radius 1 is 1.06 bits per heavy atom. The average molecular weight is 431 g/mol.